The van der Waals surface area contributed by atoms with Crippen LogP contribution in [0.2, 0.25) is 0 Å². The van der Waals surface area contributed by atoms with Gasteiger partial charge in [-0.3, -0.25) is 9.20 Å². The Morgan fingerprint density at radius 3 is 3.19 bits per heavy atom. The van der Waals surface area contributed by atoms with Gasteiger partial charge in [0.1, 0.15) is 15.7 Å². The number of amides is 1. The van der Waals surface area contributed by atoms with E-state index in [1.807, 2.05) is 29.8 Å². The number of carbonyl (C=O) groups excluding carboxylic acids is 1. The minimum Gasteiger partial charge on any atom is -0.351 e. The summed E-state index contributed by atoms with van der Waals surface area (Å²) in [5, 5.41) is 4.89. The van der Waals surface area contributed by atoms with Gasteiger partial charge in [-0.05, 0) is 18.6 Å². The molecule has 0 aliphatic heterocycles. The van der Waals surface area contributed by atoms with Crippen LogP contribution in [0.4, 0.5) is 0 Å². The average Bonchev–Trinajstić information content (AvgIpc) is 3.16. The van der Waals surface area contributed by atoms with E-state index in [-0.39, 0.29) is 5.91 Å². The molecule has 7 heteroatoms. The van der Waals surface area contributed by atoms with Gasteiger partial charge in [0.25, 0.3) is 5.91 Å². The van der Waals surface area contributed by atoms with Crippen LogP contribution in [0, 0.1) is 0 Å². The fraction of sp³-hybridized carbons (Fsp3) is 0.214. The molecule has 0 radical (unpaired) electrons. The summed E-state index contributed by atoms with van der Waals surface area (Å²) < 4.78 is 2.86. The number of hydrogen-bond donors (Lipinski definition) is 1. The largest absolute Gasteiger partial charge is 0.351 e. The van der Waals surface area contributed by atoms with Gasteiger partial charge in [-0.15, -0.1) is 11.3 Å². The summed E-state index contributed by atoms with van der Waals surface area (Å²) in [6, 6.07) is 5.66. The third-order valence-electron chi connectivity index (χ3n) is 2.89. The van der Waals surface area contributed by atoms with Gasteiger partial charge >= 0.3 is 0 Å². The van der Waals surface area contributed by atoms with Gasteiger partial charge in [0, 0.05) is 30.1 Å². The molecule has 0 aliphatic carbocycles. The number of hydrogen-bond acceptors (Lipinski definition) is 5. The second-order valence-corrected chi connectivity index (χ2v) is 6.56. The maximum absolute atomic E-state index is 12.1. The second kappa shape index (κ2) is 6.73. The van der Waals surface area contributed by atoms with Crippen LogP contribution in [-0.2, 0) is 0 Å². The molecule has 108 valence electrons. The topological polar surface area (TPSA) is 59.3 Å². The highest BCUT2D eigenvalue weighted by Gasteiger charge is 2.10. The molecule has 0 spiro atoms. The van der Waals surface area contributed by atoms with Gasteiger partial charge in [0.05, 0.1) is 6.20 Å². The quantitative estimate of drug-likeness (QED) is 0.561. The fourth-order valence-corrected chi connectivity index (χ4v) is 3.55. The highest BCUT2D eigenvalue weighted by atomic mass is 32.2. The molecule has 3 heterocycles. The summed E-state index contributed by atoms with van der Waals surface area (Å²) in [4.78, 5) is 20.5. The predicted octanol–water partition coefficient (Wildman–Crippen LogP) is 2.70. The van der Waals surface area contributed by atoms with E-state index in [2.05, 4.69) is 15.3 Å². The van der Waals surface area contributed by atoms with Crippen LogP contribution >= 0.6 is 23.1 Å². The zero-order chi connectivity index (χ0) is 14.5. The van der Waals surface area contributed by atoms with Crippen LogP contribution in [0.1, 0.15) is 16.9 Å². The Labute approximate surface area is 130 Å². The van der Waals surface area contributed by atoms with E-state index in [1.165, 1.54) is 0 Å². The van der Waals surface area contributed by atoms with Crippen LogP contribution in [-0.4, -0.2) is 32.6 Å². The molecule has 0 atom stereocenters. The molecule has 3 rings (SSSR count). The zero-order valence-electron chi connectivity index (χ0n) is 11.2. The lowest BCUT2D eigenvalue weighted by molar-refractivity contribution is 0.0948. The summed E-state index contributed by atoms with van der Waals surface area (Å²) >= 11 is 3.36. The molecule has 0 aromatic carbocycles. The van der Waals surface area contributed by atoms with Gasteiger partial charge in [-0.25, -0.2) is 9.97 Å². The first-order chi connectivity index (χ1) is 10.3. The Bertz CT molecular complexity index is 723. The Balaban J connectivity index is 1.48. The Hall–Kier alpha value is -1.86. The SMILES string of the molecule is O=C(NCCCSc1nccs1)c1cnc2ccccn12. The Morgan fingerprint density at radius 2 is 2.33 bits per heavy atom. The summed E-state index contributed by atoms with van der Waals surface area (Å²) in [6.07, 6.45) is 6.16. The van der Waals surface area contributed by atoms with Crippen LogP contribution in [0.25, 0.3) is 5.65 Å². The number of rotatable bonds is 6. The monoisotopic (exact) mass is 318 g/mol. The number of thioether (sulfide) groups is 1. The molecular formula is C14H14N4OS2. The summed E-state index contributed by atoms with van der Waals surface area (Å²) in [7, 11) is 0. The lowest BCUT2D eigenvalue weighted by Crippen LogP contribution is -2.25. The van der Waals surface area contributed by atoms with E-state index in [1.54, 1.807) is 39.9 Å². The first kappa shape index (κ1) is 14.1. The van der Waals surface area contributed by atoms with Crippen LogP contribution in [0.5, 0.6) is 0 Å². The Morgan fingerprint density at radius 1 is 1.38 bits per heavy atom. The van der Waals surface area contributed by atoms with Gasteiger partial charge in [-0.1, -0.05) is 17.8 Å². The van der Waals surface area contributed by atoms with Crippen LogP contribution in [0.3, 0.4) is 0 Å². The van der Waals surface area contributed by atoms with Crippen molar-refractivity contribution in [1.82, 2.24) is 19.7 Å². The Kier molecular flexibility index (Phi) is 4.52. The number of aromatic nitrogens is 3. The average molecular weight is 318 g/mol. The summed E-state index contributed by atoms with van der Waals surface area (Å²) in [6.45, 7) is 0.650. The third kappa shape index (κ3) is 3.43. The molecule has 1 N–H and O–H groups in total. The standard InChI is InChI=1S/C14H14N4OS2/c19-13(11-10-17-12-4-1-2-7-18(11)12)15-5-3-8-20-14-16-6-9-21-14/h1-2,4,6-7,9-10H,3,5,8H2,(H,15,19). The minimum absolute atomic E-state index is 0.0899. The summed E-state index contributed by atoms with van der Waals surface area (Å²) in [5.41, 5.74) is 1.35. The van der Waals surface area contributed by atoms with Crippen LogP contribution in [0.15, 0.2) is 46.5 Å². The van der Waals surface area contributed by atoms with E-state index >= 15 is 0 Å². The number of thiazole rings is 1. The first-order valence-corrected chi connectivity index (χ1v) is 8.44. The van der Waals surface area contributed by atoms with Crippen molar-refractivity contribution in [3.05, 3.63) is 47.9 Å². The van der Waals surface area contributed by atoms with Crippen molar-refractivity contribution in [2.75, 3.05) is 12.3 Å². The van der Waals surface area contributed by atoms with Crippen molar-refractivity contribution < 1.29 is 4.79 Å². The highest BCUT2D eigenvalue weighted by molar-refractivity contribution is 8.00. The fourth-order valence-electron chi connectivity index (χ4n) is 1.91. The van der Waals surface area contributed by atoms with E-state index in [0.717, 1.165) is 22.2 Å². The van der Waals surface area contributed by atoms with Crippen LogP contribution < -0.4 is 5.32 Å². The van der Waals surface area contributed by atoms with Gasteiger partial charge in [-0.2, -0.15) is 0 Å². The molecule has 1 amide bonds. The van der Waals surface area contributed by atoms with Crippen molar-refractivity contribution >= 4 is 34.7 Å². The zero-order valence-corrected chi connectivity index (χ0v) is 12.9. The normalized spacial score (nSPS) is 10.9. The lowest BCUT2D eigenvalue weighted by atomic mass is 10.4. The van der Waals surface area contributed by atoms with Crippen molar-refractivity contribution in [1.29, 1.82) is 0 Å². The smallest absolute Gasteiger partial charge is 0.269 e. The van der Waals surface area contributed by atoms with Crippen molar-refractivity contribution in [2.45, 2.75) is 10.8 Å². The number of pyridine rings is 1. The van der Waals surface area contributed by atoms with Crippen molar-refractivity contribution in [3.63, 3.8) is 0 Å². The highest BCUT2D eigenvalue weighted by Crippen LogP contribution is 2.20. The molecule has 3 aromatic rings. The number of imidazole rings is 1. The lowest BCUT2D eigenvalue weighted by Gasteiger charge is -2.04. The van der Waals surface area contributed by atoms with Gasteiger partial charge in [0.15, 0.2) is 0 Å². The number of nitrogens with zero attached hydrogens (tertiary/aromatic N) is 3. The van der Waals surface area contributed by atoms with Gasteiger partial charge in [0.2, 0.25) is 0 Å². The first-order valence-electron chi connectivity index (χ1n) is 6.57. The molecule has 0 saturated carbocycles. The third-order valence-corrected chi connectivity index (χ3v) is 4.94. The maximum Gasteiger partial charge on any atom is 0.269 e. The van der Waals surface area contributed by atoms with E-state index in [4.69, 9.17) is 0 Å². The molecule has 0 unspecified atom stereocenters. The maximum atomic E-state index is 12.1. The molecule has 3 aromatic heterocycles. The molecule has 0 aliphatic rings. The second-order valence-electron chi connectivity index (χ2n) is 4.33. The van der Waals surface area contributed by atoms with E-state index in [9.17, 15) is 4.79 Å². The summed E-state index contributed by atoms with van der Waals surface area (Å²) in [5.74, 6) is 0.856. The molecule has 5 nitrogen and oxygen atoms in total. The molecule has 21 heavy (non-hydrogen) atoms. The number of carbonyl (C=O) groups is 1. The van der Waals surface area contributed by atoms with E-state index in [0.29, 0.717) is 12.2 Å². The van der Waals surface area contributed by atoms with E-state index < -0.39 is 0 Å². The molecule has 0 bridgehead atoms. The molecule has 0 saturated heterocycles. The van der Waals surface area contributed by atoms with Gasteiger partial charge < -0.3 is 5.32 Å². The predicted molar refractivity (Wildman–Crippen MR) is 85.0 cm³/mol. The molecular weight excluding hydrogens is 304 g/mol. The number of nitrogens with one attached hydrogen (secondary N) is 1. The van der Waals surface area contributed by atoms with Crippen molar-refractivity contribution in [2.24, 2.45) is 0 Å². The minimum atomic E-state index is -0.0899. The number of fused-ring (bicyclic) bond motifs is 1. The molecule has 0 fully saturated rings. The van der Waals surface area contributed by atoms with Crippen molar-refractivity contribution in [3.8, 4) is 0 Å².